The van der Waals surface area contributed by atoms with Crippen molar-refractivity contribution in [1.82, 2.24) is 9.78 Å². The molecule has 102 valence electrons. The molecular formula is C15H21N3O. The molecule has 0 fully saturated rings. The zero-order valence-electron chi connectivity index (χ0n) is 11.5. The Morgan fingerprint density at radius 1 is 1.37 bits per heavy atom. The van der Waals surface area contributed by atoms with Gasteiger partial charge in [0.05, 0.1) is 13.3 Å². The number of nitrogens with zero attached hydrogens (tertiary/aromatic N) is 2. The molecule has 2 N–H and O–H groups in total. The Bertz CT molecular complexity index is 522. The lowest BCUT2D eigenvalue weighted by Crippen LogP contribution is -2.23. The van der Waals surface area contributed by atoms with Crippen LogP contribution in [0.2, 0.25) is 0 Å². The summed E-state index contributed by atoms with van der Waals surface area (Å²) in [6, 6.07) is 8.25. The Morgan fingerprint density at radius 3 is 2.89 bits per heavy atom. The third-order valence-electron chi connectivity index (χ3n) is 3.19. The number of benzene rings is 1. The third kappa shape index (κ3) is 4.10. The van der Waals surface area contributed by atoms with Crippen molar-refractivity contribution in [3.63, 3.8) is 0 Å². The molecule has 2 rings (SSSR count). The average molecular weight is 259 g/mol. The van der Waals surface area contributed by atoms with Crippen LogP contribution >= 0.6 is 0 Å². The summed E-state index contributed by atoms with van der Waals surface area (Å²) >= 11 is 0. The molecule has 1 heterocycles. The van der Waals surface area contributed by atoms with Gasteiger partial charge in [0.25, 0.3) is 0 Å². The van der Waals surface area contributed by atoms with Crippen molar-refractivity contribution in [2.45, 2.75) is 25.3 Å². The highest BCUT2D eigenvalue weighted by Crippen LogP contribution is 2.15. The van der Waals surface area contributed by atoms with Crippen LogP contribution in [-0.4, -0.2) is 22.9 Å². The van der Waals surface area contributed by atoms with Gasteiger partial charge in [-0.1, -0.05) is 12.1 Å². The van der Waals surface area contributed by atoms with E-state index in [4.69, 9.17) is 10.5 Å². The van der Waals surface area contributed by atoms with Crippen LogP contribution in [0.3, 0.4) is 0 Å². The lowest BCUT2D eigenvalue weighted by Gasteiger charge is -2.11. The summed E-state index contributed by atoms with van der Waals surface area (Å²) in [6.45, 7) is 0. The van der Waals surface area contributed by atoms with Gasteiger partial charge in [-0.25, -0.2) is 0 Å². The van der Waals surface area contributed by atoms with E-state index in [0.29, 0.717) is 0 Å². The maximum Gasteiger partial charge on any atom is 0.119 e. The Morgan fingerprint density at radius 2 is 2.21 bits per heavy atom. The first-order valence-electron chi connectivity index (χ1n) is 6.53. The van der Waals surface area contributed by atoms with Gasteiger partial charge in [0.1, 0.15) is 5.75 Å². The van der Waals surface area contributed by atoms with E-state index < -0.39 is 0 Å². The third-order valence-corrected chi connectivity index (χ3v) is 3.19. The molecule has 1 unspecified atom stereocenters. The molecule has 0 bridgehead atoms. The van der Waals surface area contributed by atoms with Crippen LogP contribution in [0.1, 0.15) is 17.5 Å². The molecule has 1 atom stereocenters. The van der Waals surface area contributed by atoms with Crippen LogP contribution in [-0.2, 0) is 19.9 Å². The van der Waals surface area contributed by atoms with Crippen molar-refractivity contribution in [3.05, 3.63) is 47.8 Å². The topological polar surface area (TPSA) is 53.1 Å². The van der Waals surface area contributed by atoms with Crippen molar-refractivity contribution in [2.75, 3.05) is 7.11 Å². The molecule has 1 aromatic heterocycles. The number of hydrogen-bond donors (Lipinski definition) is 1. The van der Waals surface area contributed by atoms with Crippen molar-refractivity contribution in [2.24, 2.45) is 12.8 Å². The first-order valence-corrected chi connectivity index (χ1v) is 6.53. The van der Waals surface area contributed by atoms with Gasteiger partial charge >= 0.3 is 0 Å². The molecule has 0 radical (unpaired) electrons. The largest absolute Gasteiger partial charge is 0.497 e. The van der Waals surface area contributed by atoms with Gasteiger partial charge in [-0.15, -0.1) is 0 Å². The van der Waals surface area contributed by atoms with Gasteiger partial charge in [-0.05, 0) is 42.5 Å². The highest BCUT2D eigenvalue weighted by Gasteiger charge is 2.06. The van der Waals surface area contributed by atoms with Crippen molar-refractivity contribution in [3.8, 4) is 5.75 Å². The molecule has 1 aromatic carbocycles. The zero-order valence-corrected chi connectivity index (χ0v) is 11.5. The summed E-state index contributed by atoms with van der Waals surface area (Å²) in [5.41, 5.74) is 8.64. The predicted octanol–water partition coefficient (Wildman–Crippen LogP) is 1.93. The fourth-order valence-electron chi connectivity index (χ4n) is 2.16. The van der Waals surface area contributed by atoms with Gasteiger partial charge in [0.15, 0.2) is 0 Å². The second-order valence-corrected chi connectivity index (χ2v) is 4.88. The summed E-state index contributed by atoms with van der Waals surface area (Å²) in [4.78, 5) is 0. The van der Waals surface area contributed by atoms with E-state index in [2.05, 4.69) is 11.2 Å². The van der Waals surface area contributed by atoms with Crippen LogP contribution in [0.25, 0.3) is 0 Å². The SMILES string of the molecule is COc1cccc(CC(N)CCc2cnn(C)c2)c1. The summed E-state index contributed by atoms with van der Waals surface area (Å²) in [5, 5.41) is 4.16. The lowest BCUT2D eigenvalue weighted by atomic mass is 10.0. The van der Waals surface area contributed by atoms with Crippen LogP contribution in [0.4, 0.5) is 0 Å². The minimum Gasteiger partial charge on any atom is -0.497 e. The molecule has 0 saturated carbocycles. The first kappa shape index (κ1) is 13.6. The number of hydrogen-bond acceptors (Lipinski definition) is 3. The highest BCUT2D eigenvalue weighted by molar-refractivity contribution is 5.28. The normalized spacial score (nSPS) is 12.4. The minimum atomic E-state index is 0.160. The number of aromatic nitrogens is 2. The van der Waals surface area contributed by atoms with E-state index in [1.54, 1.807) is 7.11 Å². The molecule has 4 heteroatoms. The van der Waals surface area contributed by atoms with E-state index in [9.17, 15) is 0 Å². The minimum absolute atomic E-state index is 0.160. The van der Waals surface area contributed by atoms with Crippen molar-refractivity contribution in [1.29, 1.82) is 0 Å². The quantitative estimate of drug-likeness (QED) is 0.862. The second kappa shape index (κ2) is 6.38. The van der Waals surface area contributed by atoms with Crippen LogP contribution in [0.5, 0.6) is 5.75 Å². The Kier molecular flexibility index (Phi) is 4.58. The maximum absolute atomic E-state index is 6.18. The molecule has 0 aliphatic rings. The van der Waals surface area contributed by atoms with Gasteiger partial charge in [0.2, 0.25) is 0 Å². The fourth-order valence-corrected chi connectivity index (χ4v) is 2.16. The van der Waals surface area contributed by atoms with Gasteiger partial charge in [-0.3, -0.25) is 4.68 Å². The van der Waals surface area contributed by atoms with E-state index in [1.165, 1.54) is 11.1 Å². The molecule has 19 heavy (non-hydrogen) atoms. The summed E-state index contributed by atoms with van der Waals surface area (Å²) in [5.74, 6) is 0.886. The van der Waals surface area contributed by atoms with Crippen molar-refractivity contribution >= 4 is 0 Å². The number of methoxy groups -OCH3 is 1. The van der Waals surface area contributed by atoms with Gasteiger partial charge in [0, 0.05) is 19.3 Å². The summed E-state index contributed by atoms with van der Waals surface area (Å²) < 4.78 is 7.04. The Labute approximate surface area is 114 Å². The molecule has 0 aliphatic carbocycles. The molecule has 2 aromatic rings. The van der Waals surface area contributed by atoms with E-state index in [-0.39, 0.29) is 6.04 Å². The molecule has 4 nitrogen and oxygen atoms in total. The van der Waals surface area contributed by atoms with Crippen LogP contribution in [0.15, 0.2) is 36.7 Å². The number of nitrogens with two attached hydrogens (primary N) is 1. The monoisotopic (exact) mass is 259 g/mol. The summed E-state index contributed by atoms with van der Waals surface area (Å²) in [6.07, 6.45) is 6.75. The highest BCUT2D eigenvalue weighted by atomic mass is 16.5. The van der Waals surface area contributed by atoms with Crippen LogP contribution < -0.4 is 10.5 Å². The Hall–Kier alpha value is -1.81. The molecule has 0 saturated heterocycles. The molecular weight excluding hydrogens is 238 g/mol. The van der Waals surface area contributed by atoms with E-state index in [1.807, 2.05) is 42.3 Å². The van der Waals surface area contributed by atoms with Crippen molar-refractivity contribution < 1.29 is 4.74 Å². The maximum atomic E-state index is 6.18. The standard InChI is InChI=1S/C15H21N3O/c1-18-11-13(10-17-18)6-7-14(16)8-12-4-3-5-15(9-12)19-2/h3-5,9-11,14H,6-8,16H2,1-2H3. The predicted molar refractivity (Wildman–Crippen MR) is 76.2 cm³/mol. The zero-order chi connectivity index (χ0) is 13.7. The van der Waals surface area contributed by atoms with Gasteiger partial charge in [-0.2, -0.15) is 5.10 Å². The fraction of sp³-hybridized carbons (Fsp3) is 0.400. The molecule has 0 amide bonds. The van der Waals surface area contributed by atoms with E-state index >= 15 is 0 Å². The molecule has 0 spiro atoms. The van der Waals surface area contributed by atoms with Crippen LogP contribution in [0, 0.1) is 0 Å². The number of ether oxygens (including phenoxy) is 1. The first-order chi connectivity index (χ1) is 9.17. The van der Waals surface area contributed by atoms with E-state index in [0.717, 1.165) is 25.0 Å². The number of rotatable bonds is 6. The molecule has 0 aliphatic heterocycles. The lowest BCUT2D eigenvalue weighted by molar-refractivity contribution is 0.414. The van der Waals surface area contributed by atoms with Gasteiger partial charge < -0.3 is 10.5 Å². The summed E-state index contributed by atoms with van der Waals surface area (Å²) in [7, 11) is 3.61. The average Bonchev–Trinajstić information content (AvgIpc) is 2.82. The smallest absolute Gasteiger partial charge is 0.119 e. The number of aryl methyl sites for hydroxylation is 2. The second-order valence-electron chi connectivity index (χ2n) is 4.88. The Balaban J connectivity index is 1.84.